The highest BCUT2D eigenvalue weighted by molar-refractivity contribution is 14.0. The lowest BCUT2D eigenvalue weighted by Gasteiger charge is -2.39. The van der Waals surface area contributed by atoms with Crippen molar-refractivity contribution < 1.29 is 14.2 Å². The summed E-state index contributed by atoms with van der Waals surface area (Å²) >= 11 is 0. The SMILES string of the molecule is CCC1CN(C(N)=NCC2(OC)CCOCC2)CC(CC)O1.I. The maximum absolute atomic E-state index is 6.25. The van der Waals surface area contributed by atoms with Crippen molar-refractivity contribution in [2.75, 3.05) is 40.0 Å². The number of methoxy groups -OCH3 is 1. The van der Waals surface area contributed by atoms with Gasteiger partial charge in [0.1, 0.15) is 0 Å². The molecule has 0 saturated carbocycles. The van der Waals surface area contributed by atoms with E-state index in [1.165, 1.54) is 0 Å². The molecule has 2 saturated heterocycles. The predicted molar refractivity (Wildman–Crippen MR) is 103 cm³/mol. The normalized spacial score (nSPS) is 28.3. The molecule has 0 bridgehead atoms. The fourth-order valence-corrected chi connectivity index (χ4v) is 3.06. The van der Waals surface area contributed by atoms with E-state index in [9.17, 15) is 0 Å². The Bertz CT molecular complexity index is 364. The van der Waals surface area contributed by atoms with Gasteiger partial charge in [0, 0.05) is 46.3 Å². The summed E-state index contributed by atoms with van der Waals surface area (Å²) in [6.45, 7) is 8.01. The van der Waals surface area contributed by atoms with Crippen molar-refractivity contribution in [2.45, 2.75) is 57.3 Å². The van der Waals surface area contributed by atoms with Crippen molar-refractivity contribution in [3.8, 4) is 0 Å². The van der Waals surface area contributed by atoms with Crippen LogP contribution in [-0.2, 0) is 14.2 Å². The van der Waals surface area contributed by atoms with Gasteiger partial charge in [-0.1, -0.05) is 13.8 Å². The third-order valence-corrected chi connectivity index (χ3v) is 4.83. The number of guanidine groups is 1. The lowest BCUT2D eigenvalue weighted by Crippen LogP contribution is -2.52. The van der Waals surface area contributed by atoms with Crippen LogP contribution in [0.2, 0.25) is 0 Å². The Kier molecular flexibility index (Phi) is 9.10. The van der Waals surface area contributed by atoms with E-state index in [0.29, 0.717) is 12.5 Å². The van der Waals surface area contributed by atoms with Crippen LogP contribution >= 0.6 is 24.0 Å². The fraction of sp³-hybridized carbons (Fsp3) is 0.938. The van der Waals surface area contributed by atoms with Gasteiger partial charge in [0.15, 0.2) is 5.96 Å². The Hall–Kier alpha value is -0.120. The van der Waals surface area contributed by atoms with Crippen LogP contribution in [0, 0.1) is 0 Å². The summed E-state index contributed by atoms with van der Waals surface area (Å²) in [6.07, 6.45) is 4.23. The maximum Gasteiger partial charge on any atom is 0.191 e. The molecule has 2 unspecified atom stereocenters. The Morgan fingerprint density at radius 2 is 1.78 bits per heavy atom. The highest BCUT2D eigenvalue weighted by Crippen LogP contribution is 2.25. The average molecular weight is 441 g/mol. The summed E-state index contributed by atoms with van der Waals surface area (Å²) in [5, 5.41) is 0. The number of hydrogen-bond acceptors (Lipinski definition) is 4. The first-order valence-electron chi connectivity index (χ1n) is 8.45. The minimum atomic E-state index is -0.219. The van der Waals surface area contributed by atoms with Gasteiger partial charge >= 0.3 is 0 Å². The van der Waals surface area contributed by atoms with Crippen LogP contribution < -0.4 is 5.73 Å². The molecule has 0 spiro atoms. The summed E-state index contributed by atoms with van der Waals surface area (Å²) < 4.78 is 17.1. The topological polar surface area (TPSA) is 69.3 Å². The number of nitrogens with zero attached hydrogens (tertiary/aromatic N) is 2. The molecular weight excluding hydrogens is 409 g/mol. The molecule has 2 aliphatic rings. The first-order valence-corrected chi connectivity index (χ1v) is 8.45. The summed E-state index contributed by atoms with van der Waals surface area (Å²) in [5.41, 5.74) is 6.03. The van der Waals surface area contributed by atoms with Crippen LogP contribution in [0.4, 0.5) is 0 Å². The monoisotopic (exact) mass is 441 g/mol. The van der Waals surface area contributed by atoms with E-state index >= 15 is 0 Å². The third kappa shape index (κ3) is 5.72. The summed E-state index contributed by atoms with van der Waals surface area (Å²) in [6, 6.07) is 0. The molecule has 2 fully saturated rings. The van der Waals surface area contributed by atoms with E-state index in [-0.39, 0.29) is 41.8 Å². The van der Waals surface area contributed by atoms with Gasteiger partial charge in [-0.05, 0) is 12.8 Å². The largest absolute Gasteiger partial charge is 0.381 e. The average Bonchev–Trinajstić information content (AvgIpc) is 2.59. The lowest BCUT2D eigenvalue weighted by atomic mass is 9.94. The van der Waals surface area contributed by atoms with Crippen molar-refractivity contribution in [1.29, 1.82) is 0 Å². The minimum absolute atomic E-state index is 0. The van der Waals surface area contributed by atoms with Gasteiger partial charge in [0.25, 0.3) is 0 Å². The summed E-state index contributed by atoms with van der Waals surface area (Å²) in [4.78, 5) is 6.80. The highest BCUT2D eigenvalue weighted by Gasteiger charge is 2.33. The third-order valence-electron chi connectivity index (χ3n) is 4.83. The van der Waals surface area contributed by atoms with Gasteiger partial charge in [-0.2, -0.15) is 0 Å². The number of morpholine rings is 1. The van der Waals surface area contributed by atoms with Crippen LogP contribution in [0.3, 0.4) is 0 Å². The zero-order chi connectivity index (χ0) is 16.0. The Morgan fingerprint density at radius 1 is 1.22 bits per heavy atom. The first-order chi connectivity index (χ1) is 10.6. The smallest absolute Gasteiger partial charge is 0.191 e. The van der Waals surface area contributed by atoms with Gasteiger partial charge < -0.3 is 24.8 Å². The second-order valence-electron chi connectivity index (χ2n) is 6.28. The lowest BCUT2D eigenvalue weighted by molar-refractivity contribution is -0.0835. The molecule has 0 radical (unpaired) electrons. The number of ether oxygens (including phenoxy) is 3. The number of rotatable bonds is 5. The second-order valence-corrected chi connectivity index (χ2v) is 6.28. The van der Waals surface area contributed by atoms with Gasteiger partial charge in [0.2, 0.25) is 0 Å². The van der Waals surface area contributed by atoms with Gasteiger partial charge in [-0.3, -0.25) is 4.99 Å². The first kappa shape index (κ1) is 20.9. The fourth-order valence-electron chi connectivity index (χ4n) is 3.06. The quantitative estimate of drug-likeness (QED) is 0.402. The van der Waals surface area contributed by atoms with Crippen LogP contribution in [0.25, 0.3) is 0 Å². The van der Waals surface area contributed by atoms with E-state index in [2.05, 4.69) is 23.7 Å². The van der Waals surface area contributed by atoms with Crippen LogP contribution in [0.15, 0.2) is 4.99 Å². The van der Waals surface area contributed by atoms with Crippen molar-refractivity contribution in [2.24, 2.45) is 10.7 Å². The van der Waals surface area contributed by atoms with E-state index < -0.39 is 0 Å². The van der Waals surface area contributed by atoms with E-state index in [1.54, 1.807) is 7.11 Å². The highest BCUT2D eigenvalue weighted by atomic mass is 127. The molecule has 0 amide bonds. The zero-order valence-corrected chi connectivity index (χ0v) is 17.0. The predicted octanol–water partition coefficient (Wildman–Crippen LogP) is 2.00. The van der Waals surface area contributed by atoms with Crippen LogP contribution in [0.5, 0.6) is 0 Å². The molecule has 136 valence electrons. The van der Waals surface area contributed by atoms with E-state index in [4.69, 9.17) is 19.9 Å². The van der Waals surface area contributed by atoms with Crippen LogP contribution in [0.1, 0.15) is 39.5 Å². The molecule has 6 nitrogen and oxygen atoms in total. The molecule has 2 heterocycles. The Morgan fingerprint density at radius 3 is 2.26 bits per heavy atom. The van der Waals surface area contributed by atoms with Crippen LogP contribution in [-0.4, -0.2) is 68.6 Å². The van der Waals surface area contributed by atoms with Crippen molar-refractivity contribution in [3.63, 3.8) is 0 Å². The van der Waals surface area contributed by atoms with Gasteiger partial charge in [0.05, 0.1) is 24.4 Å². The molecule has 0 aromatic heterocycles. The molecule has 2 atom stereocenters. The number of aliphatic imine (C=N–C) groups is 1. The van der Waals surface area contributed by atoms with E-state index in [0.717, 1.165) is 52.0 Å². The minimum Gasteiger partial charge on any atom is -0.381 e. The molecular formula is C16H32IN3O3. The molecule has 2 aliphatic heterocycles. The molecule has 0 aliphatic carbocycles. The standard InChI is InChI=1S/C16H31N3O3.HI/c1-4-13-10-19(11-14(5-2)22-13)15(17)18-12-16(20-3)6-8-21-9-7-16;/h13-14H,4-12H2,1-3H3,(H2,17,18);1H. The van der Waals surface area contributed by atoms with Crippen molar-refractivity contribution in [3.05, 3.63) is 0 Å². The molecule has 2 N–H and O–H groups in total. The number of nitrogens with two attached hydrogens (primary N) is 1. The van der Waals surface area contributed by atoms with Crippen molar-refractivity contribution in [1.82, 2.24) is 4.90 Å². The molecule has 23 heavy (non-hydrogen) atoms. The molecule has 7 heteroatoms. The molecule has 2 rings (SSSR count). The zero-order valence-electron chi connectivity index (χ0n) is 14.6. The Balaban J connectivity index is 0.00000264. The number of hydrogen-bond donors (Lipinski definition) is 1. The summed E-state index contributed by atoms with van der Waals surface area (Å²) in [5.74, 6) is 0.614. The van der Waals surface area contributed by atoms with E-state index in [1.807, 2.05) is 0 Å². The van der Waals surface area contributed by atoms with Gasteiger partial charge in [-0.25, -0.2) is 0 Å². The maximum atomic E-state index is 6.25. The molecule has 0 aromatic carbocycles. The van der Waals surface area contributed by atoms with Gasteiger partial charge in [-0.15, -0.1) is 24.0 Å². The Labute approximate surface area is 157 Å². The number of halogens is 1. The molecule has 0 aromatic rings. The van der Waals surface area contributed by atoms with Crippen molar-refractivity contribution >= 4 is 29.9 Å². The second kappa shape index (κ2) is 10.0. The summed E-state index contributed by atoms with van der Waals surface area (Å²) in [7, 11) is 1.76.